The number of H-pyrrole nitrogens is 1. The molecule has 212 valence electrons. The van der Waals surface area contributed by atoms with Gasteiger partial charge in [-0.2, -0.15) is 0 Å². The van der Waals surface area contributed by atoms with Crippen molar-refractivity contribution in [2.45, 2.75) is 33.1 Å². The third-order valence-corrected chi connectivity index (χ3v) is 8.72. The van der Waals surface area contributed by atoms with Gasteiger partial charge in [-0.3, -0.25) is 4.90 Å². The Balaban J connectivity index is 1.17. The highest BCUT2D eigenvalue weighted by molar-refractivity contribution is 6.30. The Morgan fingerprint density at radius 1 is 1.00 bits per heavy atom. The average Bonchev–Trinajstić information content (AvgIpc) is 3.42. The van der Waals surface area contributed by atoms with Crippen LogP contribution in [0.5, 0.6) is 11.5 Å². The molecule has 0 unspecified atom stereocenters. The van der Waals surface area contributed by atoms with Crippen LogP contribution in [0.3, 0.4) is 0 Å². The fourth-order valence-corrected chi connectivity index (χ4v) is 6.31. The van der Waals surface area contributed by atoms with E-state index >= 15 is 0 Å². The minimum atomic E-state index is -1.00. The molecule has 2 aliphatic rings. The molecule has 0 amide bonds. The number of halogens is 1. The Morgan fingerprint density at radius 2 is 1.78 bits per heavy atom. The molecule has 7 heteroatoms. The summed E-state index contributed by atoms with van der Waals surface area (Å²) in [5, 5.41) is 11.6. The van der Waals surface area contributed by atoms with Gasteiger partial charge in [0.05, 0.1) is 0 Å². The molecule has 1 saturated heterocycles. The molecule has 1 aromatic heterocycles. The standard InChI is InChI=1S/C34H36ClN3O3/c1-34(2)13-11-29(23-3-5-26(35)6-4-23)25(21-34)22-37-15-17-38(18-16-37)27-7-9-30(33(39)40)32(20-27)41-28-8-10-31-24(19-28)12-14-36-31/h3-10,12,14,19-20,36H,11,13,15-18,21-22H2,1-2H3,(H,39,40). The number of hydrogen-bond donors (Lipinski definition) is 2. The van der Waals surface area contributed by atoms with Gasteiger partial charge in [0.1, 0.15) is 17.1 Å². The Kier molecular flexibility index (Phi) is 7.54. The summed E-state index contributed by atoms with van der Waals surface area (Å²) in [4.78, 5) is 20.0. The van der Waals surface area contributed by atoms with E-state index in [-0.39, 0.29) is 5.56 Å². The van der Waals surface area contributed by atoms with Gasteiger partial charge in [0, 0.05) is 66.6 Å². The topological polar surface area (TPSA) is 68.8 Å². The molecule has 0 atom stereocenters. The average molecular weight is 570 g/mol. The fourth-order valence-electron chi connectivity index (χ4n) is 6.19. The summed E-state index contributed by atoms with van der Waals surface area (Å²) >= 11 is 6.18. The highest BCUT2D eigenvalue weighted by Crippen LogP contribution is 2.43. The van der Waals surface area contributed by atoms with Gasteiger partial charge in [0.2, 0.25) is 0 Å². The van der Waals surface area contributed by atoms with Crippen molar-refractivity contribution < 1.29 is 14.6 Å². The molecule has 6 rings (SSSR count). The number of carboxylic acid groups (broad SMARTS) is 1. The number of benzene rings is 3. The molecule has 3 aromatic carbocycles. The van der Waals surface area contributed by atoms with Gasteiger partial charge in [-0.1, -0.05) is 43.2 Å². The van der Waals surface area contributed by atoms with Crippen molar-refractivity contribution in [2.24, 2.45) is 5.41 Å². The van der Waals surface area contributed by atoms with Crippen LogP contribution in [0.1, 0.15) is 49.0 Å². The number of anilines is 1. The van der Waals surface area contributed by atoms with E-state index in [2.05, 4.69) is 40.8 Å². The number of allylic oxidation sites excluding steroid dienone is 1. The van der Waals surface area contributed by atoms with E-state index in [0.717, 1.165) is 67.2 Å². The van der Waals surface area contributed by atoms with Gasteiger partial charge in [0.25, 0.3) is 0 Å². The van der Waals surface area contributed by atoms with Crippen molar-refractivity contribution in [3.63, 3.8) is 0 Å². The smallest absolute Gasteiger partial charge is 0.339 e. The summed E-state index contributed by atoms with van der Waals surface area (Å²) in [5.74, 6) is -0.0319. The Hall–Kier alpha value is -3.74. The molecule has 6 nitrogen and oxygen atoms in total. The summed E-state index contributed by atoms with van der Waals surface area (Å²) in [6.45, 7) is 9.35. The van der Waals surface area contributed by atoms with E-state index < -0.39 is 5.97 Å². The molecule has 0 radical (unpaired) electrons. The molecule has 0 spiro atoms. The highest BCUT2D eigenvalue weighted by atomic mass is 35.5. The number of carbonyl (C=O) groups is 1. The molecule has 0 bridgehead atoms. The third-order valence-electron chi connectivity index (χ3n) is 8.46. The van der Waals surface area contributed by atoms with Crippen LogP contribution in [-0.4, -0.2) is 53.7 Å². The van der Waals surface area contributed by atoms with Gasteiger partial charge in [-0.05, 0) is 84.3 Å². The number of piperazine rings is 1. The number of fused-ring (bicyclic) bond motifs is 1. The maximum atomic E-state index is 12.0. The number of carboxylic acids is 1. The SMILES string of the molecule is CC1(C)CCC(c2ccc(Cl)cc2)=C(CN2CCN(c3ccc(C(=O)O)c(Oc4ccc5[nH]ccc5c4)c3)CC2)C1. The summed E-state index contributed by atoms with van der Waals surface area (Å²) in [6, 6.07) is 21.4. The molecule has 0 saturated carbocycles. The van der Waals surface area contributed by atoms with E-state index in [1.54, 1.807) is 6.07 Å². The fraction of sp³-hybridized carbons (Fsp3) is 0.324. The van der Waals surface area contributed by atoms with Gasteiger partial charge in [-0.25, -0.2) is 4.79 Å². The normalized spacial score (nSPS) is 17.7. The monoisotopic (exact) mass is 569 g/mol. The lowest BCUT2D eigenvalue weighted by atomic mass is 9.73. The second kappa shape index (κ2) is 11.3. The Labute approximate surface area is 246 Å². The number of nitrogens with zero attached hydrogens (tertiary/aromatic N) is 2. The summed E-state index contributed by atoms with van der Waals surface area (Å²) in [7, 11) is 0. The Morgan fingerprint density at radius 3 is 2.54 bits per heavy atom. The van der Waals surface area contributed by atoms with Crippen LogP contribution in [0.15, 0.2) is 78.5 Å². The maximum Gasteiger partial charge on any atom is 0.339 e. The number of nitrogens with one attached hydrogen (secondary N) is 1. The van der Waals surface area contributed by atoms with Crippen molar-refractivity contribution in [1.82, 2.24) is 9.88 Å². The van der Waals surface area contributed by atoms with Crippen LogP contribution >= 0.6 is 11.6 Å². The van der Waals surface area contributed by atoms with Crippen molar-refractivity contribution in [2.75, 3.05) is 37.6 Å². The number of hydrogen-bond acceptors (Lipinski definition) is 4. The quantitative estimate of drug-likeness (QED) is 0.235. The van der Waals surface area contributed by atoms with E-state index in [9.17, 15) is 9.90 Å². The number of aromatic nitrogens is 1. The van der Waals surface area contributed by atoms with Gasteiger partial charge >= 0.3 is 5.97 Å². The minimum Gasteiger partial charge on any atom is -0.478 e. The van der Waals surface area contributed by atoms with Crippen molar-refractivity contribution in [1.29, 1.82) is 0 Å². The first kappa shape index (κ1) is 27.4. The lowest BCUT2D eigenvalue weighted by molar-refractivity contribution is 0.0694. The molecule has 2 N–H and O–H groups in total. The minimum absolute atomic E-state index is 0.156. The number of aromatic amines is 1. The number of rotatable bonds is 7. The van der Waals surface area contributed by atoms with Crippen LogP contribution in [0.4, 0.5) is 5.69 Å². The summed E-state index contributed by atoms with van der Waals surface area (Å²) < 4.78 is 6.14. The van der Waals surface area contributed by atoms with Gasteiger partial charge < -0.3 is 19.7 Å². The zero-order valence-electron chi connectivity index (χ0n) is 23.6. The Bertz CT molecular complexity index is 1600. The lowest BCUT2D eigenvalue weighted by Gasteiger charge is -2.39. The molecule has 1 aliphatic carbocycles. The van der Waals surface area contributed by atoms with E-state index in [0.29, 0.717) is 16.9 Å². The zero-order valence-corrected chi connectivity index (χ0v) is 24.4. The van der Waals surface area contributed by atoms with Crippen LogP contribution in [0, 0.1) is 5.41 Å². The largest absolute Gasteiger partial charge is 0.478 e. The van der Waals surface area contributed by atoms with Crippen molar-refractivity contribution in [3.8, 4) is 11.5 Å². The molecule has 4 aromatic rings. The van der Waals surface area contributed by atoms with Crippen molar-refractivity contribution >= 4 is 39.7 Å². The number of ether oxygens (including phenoxy) is 1. The number of aromatic carboxylic acids is 1. The van der Waals surface area contributed by atoms with E-state index in [4.69, 9.17) is 16.3 Å². The second-order valence-electron chi connectivity index (χ2n) is 12.0. The molecule has 41 heavy (non-hydrogen) atoms. The van der Waals surface area contributed by atoms with Crippen molar-refractivity contribution in [3.05, 3.63) is 94.6 Å². The lowest BCUT2D eigenvalue weighted by Crippen LogP contribution is -2.47. The van der Waals surface area contributed by atoms with Crippen LogP contribution in [0.25, 0.3) is 16.5 Å². The van der Waals surface area contributed by atoms with Crippen LogP contribution < -0.4 is 9.64 Å². The van der Waals surface area contributed by atoms with Gasteiger partial charge in [0.15, 0.2) is 0 Å². The molecule has 1 fully saturated rings. The third kappa shape index (κ3) is 6.14. The first-order valence-corrected chi connectivity index (χ1v) is 14.7. The highest BCUT2D eigenvalue weighted by Gasteiger charge is 2.29. The predicted molar refractivity (Wildman–Crippen MR) is 166 cm³/mol. The summed E-state index contributed by atoms with van der Waals surface area (Å²) in [5.41, 5.74) is 6.76. The first-order chi connectivity index (χ1) is 19.7. The predicted octanol–water partition coefficient (Wildman–Crippen LogP) is 8.10. The van der Waals surface area contributed by atoms with E-state index in [1.165, 1.54) is 23.1 Å². The van der Waals surface area contributed by atoms with Crippen LogP contribution in [-0.2, 0) is 0 Å². The maximum absolute atomic E-state index is 12.0. The summed E-state index contributed by atoms with van der Waals surface area (Å²) in [6.07, 6.45) is 5.27. The molecular weight excluding hydrogens is 534 g/mol. The first-order valence-electron chi connectivity index (χ1n) is 14.3. The second-order valence-corrected chi connectivity index (χ2v) is 12.4. The zero-order chi connectivity index (χ0) is 28.6. The molecule has 2 heterocycles. The van der Waals surface area contributed by atoms with E-state index in [1.807, 2.05) is 54.7 Å². The molecule has 1 aliphatic heterocycles. The molecular formula is C34H36ClN3O3. The van der Waals surface area contributed by atoms with Crippen LogP contribution in [0.2, 0.25) is 5.02 Å². The van der Waals surface area contributed by atoms with Gasteiger partial charge in [-0.15, -0.1) is 0 Å².